The average Bonchev–Trinajstić information content (AvgIpc) is 3.68. The molecule has 0 aliphatic carbocycles. The van der Waals surface area contributed by atoms with Gasteiger partial charge < -0.3 is 15.4 Å². The van der Waals surface area contributed by atoms with Gasteiger partial charge in [0.1, 0.15) is 5.75 Å². The predicted octanol–water partition coefficient (Wildman–Crippen LogP) is 6.95. The van der Waals surface area contributed by atoms with Gasteiger partial charge in [-0.3, -0.25) is 19.7 Å². The Morgan fingerprint density at radius 1 is 0.911 bits per heavy atom. The molecule has 3 amide bonds. The van der Waals surface area contributed by atoms with Gasteiger partial charge in [-0.15, -0.1) is 0 Å². The second-order valence-corrected chi connectivity index (χ2v) is 10.9. The Bertz CT molecular complexity index is 1850. The van der Waals surface area contributed by atoms with Gasteiger partial charge in [-0.25, -0.2) is 19.7 Å². The van der Waals surface area contributed by atoms with Gasteiger partial charge in [0.2, 0.25) is 5.91 Å². The number of carbonyl (C=O) groups is 2. The number of aromatic nitrogens is 5. The van der Waals surface area contributed by atoms with Crippen LogP contribution in [-0.4, -0.2) is 43.4 Å². The van der Waals surface area contributed by atoms with Crippen LogP contribution in [0.2, 0.25) is 0 Å². The van der Waals surface area contributed by atoms with Crippen molar-refractivity contribution in [2.24, 2.45) is 0 Å². The molecule has 45 heavy (non-hydrogen) atoms. The highest BCUT2D eigenvalue weighted by Gasteiger charge is 2.32. The number of urea groups is 1. The van der Waals surface area contributed by atoms with Crippen molar-refractivity contribution >= 4 is 39.8 Å². The molecule has 1 fully saturated rings. The third-order valence-corrected chi connectivity index (χ3v) is 7.75. The van der Waals surface area contributed by atoms with E-state index in [2.05, 4.69) is 35.6 Å². The fourth-order valence-electron chi connectivity index (χ4n) is 4.44. The van der Waals surface area contributed by atoms with Crippen molar-refractivity contribution in [3.8, 4) is 33.5 Å². The molecule has 1 aromatic carbocycles. The molecule has 6 rings (SSSR count). The number of nitrogens with one attached hydrogen (secondary N) is 2. The van der Waals surface area contributed by atoms with E-state index in [4.69, 9.17) is 4.74 Å². The summed E-state index contributed by atoms with van der Waals surface area (Å²) in [4.78, 5) is 48.0. The number of halogens is 3. The lowest BCUT2D eigenvalue weighted by molar-refractivity contribution is -0.137. The van der Waals surface area contributed by atoms with Crippen LogP contribution < -0.4 is 20.3 Å². The molecular weight excluding hydrogens is 609 g/mol. The summed E-state index contributed by atoms with van der Waals surface area (Å²) in [7, 11) is 0. The summed E-state index contributed by atoms with van der Waals surface area (Å²) in [6.45, 7) is 2.45. The lowest BCUT2D eigenvalue weighted by Crippen LogP contribution is -2.23. The number of anilines is 3. The highest BCUT2D eigenvalue weighted by atomic mass is 32.1. The Morgan fingerprint density at radius 3 is 2.33 bits per heavy atom. The first kappa shape index (κ1) is 29.6. The Kier molecular flexibility index (Phi) is 8.08. The van der Waals surface area contributed by atoms with Crippen LogP contribution in [0.5, 0.6) is 11.8 Å². The number of thiazole rings is 1. The van der Waals surface area contributed by atoms with Crippen LogP contribution in [0, 0.1) is 6.92 Å². The van der Waals surface area contributed by atoms with Gasteiger partial charge in [0, 0.05) is 42.8 Å². The van der Waals surface area contributed by atoms with E-state index >= 15 is 0 Å². The van der Waals surface area contributed by atoms with Gasteiger partial charge in [0.25, 0.3) is 0 Å². The fourth-order valence-corrected chi connectivity index (χ4v) is 5.40. The molecule has 15 heteroatoms. The summed E-state index contributed by atoms with van der Waals surface area (Å²) >= 11 is 1.44. The molecule has 0 bridgehead atoms. The van der Waals surface area contributed by atoms with Gasteiger partial charge in [-0.2, -0.15) is 13.2 Å². The van der Waals surface area contributed by atoms with E-state index in [0.717, 1.165) is 22.9 Å². The molecule has 0 saturated carbocycles. The first-order valence-corrected chi connectivity index (χ1v) is 14.4. The maximum atomic E-state index is 13.4. The molecule has 11 nitrogen and oxygen atoms in total. The van der Waals surface area contributed by atoms with Crippen LogP contribution >= 0.6 is 11.3 Å². The van der Waals surface area contributed by atoms with E-state index in [-0.39, 0.29) is 29.0 Å². The third kappa shape index (κ3) is 6.88. The van der Waals surface area contributed by atoms with Gasteiger partial charge in [-0.05, 0) is 61.4 Å². The quantitative estimate of drug-likeness (QED) is 0.197. The van der Waals surface area contributed by atoms with E-state index in [1.165, 1.54) is 29.9 Å². The van der Waals surface area contributed by atoms with Gasteiger partial charge in [0.15, 0.2) is 5.13 Å². The molecule has 1 aliphatic heterocycles. The molecule has 5 heterocycles. The summed E-state index contributed by atoms with van der Waals surface area (Å²) in [5.74, 6) is 0.548. The number of alkyl halides is 3. The van der Waals surface area contributed by atoms with E-state index in [1.54, 1.807) is 42.3 Å². The van der Waals surface area contributed by atoms with Crippen LogP contribution in [0.1, 0.15) is 24.1 Å². The molecule has 2 N–H and O–H groups in total. The van der Waals surface area contributed by atoms with Crippen LogP contribution in [0.4, 0.5) is 34.5 Å². The van der Waals surface area contributed by atoms with Gasteiger partial charge in [0.05, 0.1) is 39.9 Å². The summed E-state index contributed by atoms with van der Waals surface area (Å²) in [5, 5.41) is 5.60. The van der Waals surface area contributed by atoms with Crippen molar-refractivity contribution in [3.05, 3.63) is 84.7 Å². The molecular formula is C30H23F3N8O3S. The van der Waals surface area contributed by atoms with Crippen molar-refractivity contribution < 1.29 is 27.5 Å². The van der Waals surface area contributed by atoms with Crippen molar-refractivity contribution in [2.75, 3.05) is 22.1 Å². The lowest BCUT2D eigenvalue weighted by atomic mass is 10.1. The predicted molar refractivity (Wildman–Crippen MR) is 161 cm³/mol. The monoisotopic (exact) mass is 632 g/mol. The van der Waals surface area contributed by atoms with E-state index in [9.17, 15) is 22.8 Å². The van der Waals surface area contributed by atoms with Crippen molar-refractivity contribution in [3.63, 3.8) is 0 Å². The van der Waals surface area contributed by atoms with Crippen molar-refractivity contribution in [2.45, 2.75) is 25.9 Å². The number of benzene rings is 1. The Hall–Kier alpha value is -5.44. The highest BCUT2D eigenvalue weighted by Crippen LogP contribution is 2.35. The normalized spacial score (nSPS) is 13.2. The highest BCUT2D eigenvalue weighted by molar-refractivity contribution is 7.19. The number of carbonyl (C=O) groups excluding carboxylic acids is 2. The van der Waals surface area contributed by atoms with Crippen LogP contribution in [0.25, 0.3) is 21.7 Å². The second kappa shape index (κ2) is 12.3. The summed E-state index contributed by atoms with van der Waals surface area (Å²) < 4.78 is 45.8. The van der Waals surface area contributed by atoms with Gasteiger partial charge in [-0.1, -0.05) is 11.3 Å². The minimum absolute atomic E-state index is 0.0116. The number of pyridine rings is 2. The zero-order valence-corrected chi connectivity index (χ0v) is 24.3. The topological polar surface area (TPSA) is 135 Å². The molecule has 5 aromatic rings. The molecule has 0 radical (unpaired) electrons. The molecule has 0 spiro atoms. The summed E-state index contributed by atoms with van der Waals surface area (Å²) in [6.07, 6.45) is 3.20. The number of amides is 3. The van der Waals surface area contributed by atoms with Crippen LogP contribution in [-0.2, 0) is 11.0 Å². The molecule has 1 aliphatic rings. The van der Waals surface area contributed by atoms with Crippen LogP contribution in [0.15, 0.2) is 73.4 Å². The fraction of sp³-hybridized carbons (Fsp3) is 0.167. The SMILES string of the molecule is Cc1ccc(-c2ncc(C(F)(F)F)cc2NC(=O)Nc2cnc(Oc3ccc(-c4cnc(N5CCCC5=O)s4)cc3)nc2)cn1. The molecule has 4 aromatic heterocycles. The maximum Gasteiger partial charge on any atom is 0.417 e. The van der Waals surface area contributed by atoms with E-state index in [1.807, 2.05) is 12.1 Å². The van der Waals surface area contributed by atoms with Gasteiger partial charge >= 0.3 is 18.2 Å². The standard InChI is InChI=1S/C30H23F3N8O3S/c1-17-4-5-19(12-34-17)26-23(11-20(13-35-26)30(31,32)33)40-27(43)39-21-14-36-28(37-15-21)44-22-8-6-18(7-9-22)24-16-38-29(45-24)41-10-2-3-25(41)42/h4-9,11-16H,2-3,10H2,1H3,(H2,39,40,43). The van der Waals surface area contributed by atoms with Crippen LogP contribution in [0.3, 0.4) is 0 Å². The Balaban J connectivity index is 1.09. The maximum absolute atomic E-state index is 13.4. The number of hydrogen-bond acceptors (Lipinski definition) is 9. The minimum Gasteiger partial charge on any atom is -0.424 e. The van der Waals surface area contributed by atoms with E-state index < -0.39 is 17.8 Å². The second-order valence-electron chi connectivity index (χ2n) is 9.92. The average molecular weight is 633 g/mol. The summed E-state index contributed by atoms with van der Waals surface area (Å²) in [5.41, 5.74) is 1.16. The number of aryl methyl sites for hydroxylation is 1. The third-order valence-electron chi connectivity index (χ3n) is 6.68. The zero-order valence-electron chi connectivity index (χ0n) is 23.5. The largest absolute Gasteiger partial charge is 0.424 e. The number of rotatable bonds is 7. The number of hydrogen-bond donors (Lipinski definition) is 2. The number of ether oxygens (including phenoxy) is 1. The Morgan fingerprint density at radius 2 is 1.67 bits per heavy atom. The van der Waals surface area contributed by atoms with Crippen molar-refractivity contribution in [1.82, 2.24) is 24.9 Å². The molecule has 0 unspecified atom stereocenters. The molecule has 0 atom stereocenters. The van der Waals surface area contributed by atoms with Crippen molar-refractivity contribution in [1.29, 1.82) is 0 Å². The molecule has 1 saturated heterocycles. The Labute approximate surface area is 258 Å². The summed E-state index contributed by atoms with van der Waals surface area (Å²) in [6, 6.07) is 10.5. The zero-order chi connectivity index (χ0) is 31.6. The lowest BCUT2D eigenvalue weighted by Gasteiger charge is -2.14. The minimum atomic E-state index is -4.66. The molecule has 228 valence electrons. The number of nitrogens with zero attached hydrogens (tertiary/aromatic N) is 6. The first-order chi connectivity index (χ1) is 21.6. The smallest absolute Gasteiger partial charge is 0.417 e. The van der Waals surface area contributed by atoms with E-state index in [0.29, 0.717) is 41.3 Å². The first-order valence-electron chi connectivity index (χ1n) is 13.6.